The Morgan fingerprint density at radius 2 is 0.735 bits per heavy atom. The zero-order valence-corrected chi connectivity index (χ0v) is 25.9. The molecule has 34 heavy (non-hydrogen) atoms. The monoisotopic (exact) mass is 644 g/mol. The second kappa shape index (κ2) is 7.94. The third-order valence-electron chi connectivity index (χ3n) is 8.31. The summed E-state index contributed by atoms with van der Waals surface area (Å²) in [6.07, 6.45) is 8.21. The summed E-state index contributed by atoms with van der Waals surface area (Å²) in [6.45, 7) is 9.60. The van der Waals surface area contributed by atoms with Gasteiger partial charge in [-0.1, -0.05) is 0 Å². The van der Waals surface area contributed by atoms with Crippen LogP contribution < -0.4 is 17.2 Å². The van der Waals surface area contributed by atoms with Crippen LogP contribution in [-0.4, -0.2) is 19.9 Å². The zero-order chi connectivity index (χ0) is 25.3. The average molecular weight is 643 g/mol. The summed E-state index contributed by atoms with van der Waals surface area (Å²) in [7, 11) is 0. The number of hydrogen-bond acceptors (Lipinski definition) is 0. The van der Waals surface area contributed by atoms with E-state index in [0.29, 0.717) is 0 Å². The van der Waals surface area contributed by atoms with Gasteiger partial charge < -0.3 is 0 Å². The van der Waals surface area contributed by atoms with Crippen molar-refractivity contribution in [3.05, 3.63) is 73.3 Å². The van der Waals surface area contributed by atoms with Gasteiger partial charge in [0.15, 0.2) is 0 Å². The van der Waals surface area contributed by atoms with E-state index in [1.807, 2.05) is 12.4 Å². The van der Waals surface area contributed by atoms with Crippen molar-refractivity contribution in [2.24, 2.45) is 0 Å². The van der Waals surface area contributed by atoms with E-state index in [-0.39, 0.29) is 0 Å². The number of aromatic amines is 4. The Balaban J connectivity index is 0.000000196. The SMILES string of the molecule is C[CH2][Ru]([CH2]C)([CH2]C)([CH2]C)([c]1ccc[nH]1)[c]1ccc[nH]1.[CH3][Ru]([CH3])([CH3])([CH3])([c]1ccc[nH]1)[c]1ccc[nH]1. The van der Waals surface area contributed by atoms with E-state index in [2.05, 4.69) is 131 Å². The molecular weight excluding hydrogens is 594 g/mol. The van der Waals surface area contributed by atoms with Gasteiger partial charge in [-0.2, -0.15) is 0 Å². The average Bonchev–Trinajstić information content (AvgIpc) is 3.65. The Morgan fingerprint density at radius 1 is 0.471 bits per heavy atom. The van der Waals surface area contributed by atoms with Crippen LogP contribution in [0.2, 0.25) is 42.1 Å². The summed E-state index contributed by atoms with van der Waals surface area (Å²) in [5.41, 5.74) is 9.67. The molecule has 4 heterocycles. The van der Waals surface area contributed by atoms with Crippen molar-refractivity contribution in [2.75, 3.05) is 0 Å². The van der Waals surface area contributed by atoms with Gasteiger partial charge in [0.2, 0.25) is 0 Å². The fraction of sp³-hybridized carbons (Fsp3) is 0.429. The molecule has 0 fully saturated rings. The molecule has 0 aliphatic carbocycles. The number of H-pyrrole nitrogens is 4. The predicted octanol–water partition coefficient (Wildman–Crippen LogP) is 6.98. The first-order valence-electron chi connectivity index (χ1n) is 11.9. The molecule has 4 aromatic heterocycles. The zero-order valence-electron chi connectivity index (χ0n) is 22.5. The van der Waals surface area contributed by atoms with Crippen LogP contribution in [0.25, 0.3) is 0 Å². The van der Waals surface area contributed by atoms with Gasteiger partial charge in [-0.15, -0.1) is 0 Å². The van der Waals surface area contributed by atoms with Crippen LogP contribution in [0.15, 0.2) is 73.3 Å². The van der Waals surface area contributed by atoms with Crippen molar-refractivity contribution in [3.8, 4) is 0 Å². The number of nitrogens with one attached hydrogen (secondary N) is 4. The minimum absolute atomic E-state index is 1.26. The predicted molar refractivity (Wildman–Crippen MR) is 147 cm³/mol. The summed E-state index contributed by atoms with van der Waals surface area (Å²) >= 11 is -6.46. The molecule has 4 nitrogen and oxygen atoms in total. The summed E-state index contributed by atoms with van der Waals surface area (Å²) in [6, 6.07) is 17.6. The van der Waals surface area contributed by atoms with Crippen molar-refractivity contribution in [3.63, 3.8) is 0 Å². The fourth-order valence-electron chi connectivity index (χ4n) is 5.28. The van der Waals surface area contributed by atoms with Crippen LogP contribution in [0.3, 0.4) is 0 Å². The Bertz CT molecular complexity index is 1080. The molecule has 0 radical (unpaired) electrons. The maximum absolute atomic E-state index is 3.61. The normalized spacial score (nSPS) is 16.5. The Kier molecular flexibility index (Phi) is 6.29. The fourth-order valence-corrected chi connectivity index (χ4v) is 26.5. The van der Waals surface area contributed by atoms with Crippen LogP contribution in [0.5, 0.6) is 0 Å². The first-order chi connectivity index (χ1) is 15.8. The molecule has 0 aliphatic rings. The van der Waals surface area contributed by atoms with E-state index in [1.165, 1.54) is 37.2 Å². The van der Waals surface area contributed by atoms with Gasteiger partial charge in [0.1, 0.15) is 0 Å². The van der Waals surface area contributed by atoms with Crippen LogP contribution in [-0.2, 0) is 24.8 Å². The van der Waals surface area contributed by atoms with Gasteiger partial charge >= 0.3 is 205 Å². The van der Waals surface area contributed by atoms with Crippen molar-refractivity contribution >= 4 is 17.2 Å². The Hall–Kier alpha value is -1.63. The van der Waals surface area contributed by atoms with Crippen molar-refractivity contribution in [2.45, 2.75) is 69.8 Å². The number of hydrogen-bond donors (Lipinski definition) is 4. The summed E-state index contributed by atoms with van der Waals surface area (Å²) in [5.74, 6) is 0. The molecule has 0 spiro atoms. The molecule has 0 aromatic carbocycles. The van der Waals surface area contributed by atoms with E-state index >= 15 is 0 Å². The molecule has 0 unspecified atom stereocenters. The number of aromatic nitrogens is 4. The molecule has 4 N–H and O–H groups in total. The van der Waals surface area contributed by atoms with Crippen LogP contribution >= 0.6 is 0 Å². The molecule has 0 aliphatic heterocycles. The van der Waals surface area contributed by atoms with Crippen LogP contribution in [0.4, 0.5) is 0 Å². The standard InChI is InChI=1S/4C4H4N.4C2H5.4CH3.2Ru/c4*1-2-4-5-3-1;4*1-2;;;;;;/h4*1-3,5H;4*1H2,2H3;4*1H3;;. The van der Waals surface area contributed by atoms with E-state index in [9.17, 15) is 0 Å². The third kappa shape index (κ3) is 3.51. The second-order valence-electron chi connectivity index (χ2n) is 10.8. The van der Waals surface area contributed by atoms with E-state index in [4.69, 9.17) is 0 Å². The Labute approximate surface area is 204 Å². The molecule has 0 amide bonds. The number of rotatable bonds is 8. The second-order valence-corrected chi connectivity index (χ2v) is 47.8. The van der Waals surface area contributed by atoms with Crippen molar-refractivity contribution in [1.29, 1.82) is 0 Å². The third-order valence-corrected chi connectivity index (χ3v) is 40.5. The summed E-state index contributed by atoms with van der Waals surface area (Å²) < 4.78 is 5.78. The van der Waals surface area contributed by atoms with Gasteiger partial charge in [-0.25, -0.2) is 0 Å². The van der Waals surface area contributed by atoms with E-state index < -0.39 is 24.8 Å². The molecule has 6 heteroatoms. The Morgan fingerprint density at radius 3 is 0.941 bits per heavy atom. The quantitative estimate of drug-likeness (QED) is 0.150. The van der Waals surface area contributed by atoms with Gasteiger partial charge in [0.05, 0.1) is 0 Å². The molecule has 0 atom stereocenters. The van der Waals surface area contributed by atoms with E-state index in [1.54, 1.807) is 0 Å². The summed E-state index contributed by atoms with van der Waals surface area (Å²) in [4.78, 5) is 14.0. The molecule has 4 rings (SSSR count). The van der Waals surface area contributed by atoms with Gasteiger partial charge in [-0.05, 0) is 0 Å². The van der Waals surface area contributed by atoms with Crippen LogP contribution in [0.1, 0.15) is 27.7 Å². The first kappa shape index (κ1) is 27.0. The maximum atomic E-state index is 3.61. The molecule has 0 saturated carbocycles. The van der Waals surface area contributed by atoms with Gasteiger partial charge in [0.25, 0.3) is 0 Å². The molecule has 196 valence electrons. The van der Waals surface area contributed by atoms with Gasteiger partial charge in [-0.3, -0.25) is 0 Å². The van der Waals surface area contributed by atoms with Crippen LogP contribution in [0, 0.1) is 0 Å². The van der Waals surface area contributed by atoms with Gasteiger partial charge in [0, 0.05) is 0 Å². The molecular formula is C28H48N4Ru2. The first-order valence-corrected chi connectivity index (χ1v) is 27.3. The van der Waals surface area contributed by atoms with E-state index in [0.717, 1.165) is 0 Å². The minimum atomic E-state index is -3.34. The van der Waals surface area contributed by atoms with Crippen molar-refractivity contribution in [1.82, 2.24) is 19.9 Å². The molecule has 0 bridgehead atoms. The summed E-state index contributed by atoms with van der Waals surface area (Å²) in [5, 5.41) is 5.03. The topological polar surface area (TPSA) is 63.2 Å². The van der Waals surface area contributed by atoms with Crippen molar-refractivity contribution < 1.29 is 24.8 Å². The molecule has 0 saturated heterocycles. The molecule has 4 aromatic rings.